The van der Waals surface area contributed by atoms with Gasteiger partial charge >= 0.3 is 0 Å². The first-order valence-electron chi connectivity index (χ1n) is 12.3. The third-order valence-corrected chi connectivity index (χ3v) is 11.6. The van der Waals surface area contributed by atoms with Crippen LogP contribution in [0.3, 0.4) is 0 Å². The fourth-order valence-electron chi connectivity index (χ4n) is 4.43. The van der Waals surface area contributed by atoms with Gasteiger partial charge in [-0.25, -0.2) is 0 Å². The molecule has 0 bridgehead atoms. The van der Waals surface area contributed by atoms with E-state index in [1.807, 2.05) is 45.3 Å². The van der Waals surface area contributed by atoms with E-state index in [1.54, 1.807) is 0 Å². The Morgan fingerprint density at radius 3 is 1.68 bits per heavy atom. The molecule has 0 saturated carbocycles. The van der Waals surface area contributed by atoms with Gasteiger partial charge in [0.15, 0.2) is 0 Å². The molecule has 182 valence electrons. The van der Waals surface area contributed by atoms with Crippen LogP contribution in [-0.2, 0) is 12.8 Å². The number of unbranched alkanes of at least 4 members (excludes halogenated alkanes) is 6. The Balaban J connectivity index is 1.64. The van der Waals surface area contributed by atoms with E-state index in [4.69, 9.17) is 0 Å². The minimum atomic E-state index is 1.17. The zero-order valence-corrected chi connectivity index (χ0v) is 26.4. The van der Waals surface area contributed by atoms with Crippen LogP contribution in [0.15, 0.2) is 42.6 Å². The largest absolute Gasteiger partial charge is 0.143 e. The van der Waals surface area contributed by atoms with Gasteiger partial charge in [0.1, 0.15) is 0 Å². The van der Waals surface area contributed by atoms with Crippen LogP contribution in [0.5, 0.6) is 0 Å². The van der Waals surface area contributed by atoms with Crippen LogP contribution in [0.1, 0.15) is 76.3 Å². The standard InChI is InChI=1S/C28H32Br2S4/c1-3-5-7-9-11-19-17-23(29)33-25(19)21-13-15-31-27(21)22-14-16-32-28(22)26-20(18-24(30)34-26)12-10-8-6-4-2/h13-18H,3-12H2,1-2H3. The molecule has 0 aromatic carbocycles. The highest BCUT2D eigenvalue weighted by Crippen LogP contribution is 2.50. The first kappa shape index (κ1) is 26.8. The SMILES string of the molecule is CCCCCCc1cc(Br)sc1-c1ccsc1-c1ccsc1-c1sc(Br)cc1CCCCCC. The maximum Gasteiger partial charge on any atom is 0.0708 e. The molecule has 0 fully saturated rings. The normalized spacial score (nSPS) is 11.5. The molecule has 0 atom stereocenters. The zero-order chi connectivity index (χ0) is 23.9. The van der Waals surface area contributed by atoms with Gasteiger partial charge in [-0.05, 0) is 104 Å². The van der Waals surface area contributed by atoms with E-state index < -0.39 is 0 Å². The summed E-state index contributed by atoms with van der Waals surface area (Å²) in [5.74, 6) is 0. The van der Waals surface area contributed by atoms with Gasteiger partial charge in [-0.15, -0.1) is 45.3 Å². The predicted molar refractivity (Wildman–Crippen MR) is 165 cm³/mol. The van der Waals surface area contributed by atoms with Gasteiger partial charge in [-0.3, -0.25) is 0 Å². The quantitative estimate of drug-likeness (QED) is 0.126. The molecule has 0 aliphatic heterocycles. The van der Waals surface area contributed by atoms with Crippen molar-refractivity contribution >= 4 is 77.2 Å². The summed E-state index contributed by atoms with van der Waals surface area (Å²) < 4.78 is 2.49. The average Bonchev–Trinajstić information content (AvgIpc) is 3.60. The first-order chi connectivity index (χ1) is 16.6. The lowest BCUT2D eigenvalue weighted by Gasteiger charge is -2.08. The van der Waals surface area contributed by atoms with Gasteiger partial charge in [0.25, 0.3) is 0 Å². The molecule has 4 heterocycles. The third kappa shape index (κ3) is 6.54. The molecule has 0 amide bonds. The Hall–Kier alpha value is -0.240. The summed E-state index contributed by atoms with van der Waals surface area (Å²) >= 11 is 15.1. The summed E-state index contributed by atoms with van der Waals surface area (Å²) in [4.78, 5) is 5.76. The number of hydrogen-bond donors (Lipinski definition) is 0. The number of hydrogen-bond acceptors (Lipinski definition) is 4. The summed E-state index contributed by atoms with van der Waals surface area (Å²) in [6, 6.07) is 9.39. The Labute approximate surface area is 237 Å². The number of halogens is 2. The van der Waals surface area contributed by atoms with Crippen LogP contribution in [-0.4, -0.2) is 0 Å². The molecule has 6 heteroatoms. The second kappa shape index (κ2) is 13.3. The average molecular weight is 657 g/mol. The highest BCUT2D eigenvalue weighted by molar-refractivity contribution is 9.11. The van der Waals surface area contributed by atoms with Gasteiger partial charge in [-0.1, -0.05) is 52.4 Å². The van der Waals surface area contributed by atoms with Crippen molar-refractivity contribution in [1.82, 2.24) is 0 Å². The molecular formula is C28H32Br2S4. The van der Waals surface area contributed by atoms with Gasteiger partial charge in [0, 0.05) is 25.8 Å². The van der Waals surface area contributed by atoms with Crippen LogP contribution in [0.2, 0.25) is 0 Å². The van der Waals surface area contributed by atoms with Crippen molar-refractivity contribution in [2.24, 2.45) is 0 Å². The lowest BCUT2D eigenvalue weighted by Crippen LogP contribution is -1.88. The van der Waals surface area contributed by atoms with Crippen LogP contribution < -0.4 is 0 Å². The van der Waals surface area contributed by atoms with Gasteiger partial charge in [-0.2, -0.15) is 0 Å². The van der Waals surface area contributed by atoms with E-state index in [2.05, 4.69) is 80.7 Å². The van der Waals surface area contributed by atoms with Crippen LogP contribution in [0.25, 0.3) is 30.6 Å². The fourth-order valence-corrected chi connectivity index (χ4v) is 10.0. The van der Waals surface area contributed by atoms with Crippen molar-refractivity contribution in [2.45, 2.75) is 78.1 Å². The molecule has 0 N–H and O–H groups in total. The number of rotatable bonds is 13. The molecule has 0 radical (unpaired) electrons. The highest BCUT2D eigenvalue weighted by Gasteiger charge is 2.21. The molecule has 4 aromatic heterocycles. The highest BCUT2D eigenvalue weighted by atomic mass is 79.9. The van der Waals surface area contributed by atoms with Crippen LogP contribution in [0.4, 0.5) is 0 Å². The van der Waals surface area contributed by atoms with Crippen molar-refractivity contribution < 1.29 is 0 Å². The van der Waals surface area contributed by atoms with Crippen molar-refractivity contribution in [3.05, 3.63) is 53.7 Å². The molecule has 4 rings (SSSR count). The van der Waals surface area contributed by atoms with E-state index in [0.717, 1.165) is 0 Å². The summed E-state index contributed by atoms with van der Waals surface area (Å²) in [6.07, 6.45) is 12.8. The minimum Gasteiger partial charge on any atom is -0.143 e. The lowest BCUT2D eigenvalue weighted by molar-refractivity contribution is 0.668. The van der Waals surface area contributed by atoms with E-state index in [1.165, 1.54) is 114 Å². The van der Waals surface area contributed by atoms with Crippen molar-refractivity contribution in [3.8, 4) is 30.6 Å². The third-order valence-electron chi connectivity index (χ3n) is 6.18. The minimum absolute atomic E-state index is 1.17. The molecule has 0 unspecified atom stereocenters. The first-order valence-corrected chi connectivity index (χ1v) is 17.3. The monoisotopic (exact) mass is 654 g/mol. The molecule has 0 saturated heterocycles. The molecule has 0 aliphatic carbocycles. The molecule has 34 heavy (non-hydrogen) atoms. The van der Waals surface area contributed by atoms with E-state index in [-0.39, 0.29) is 0 Å². The topological polar surface area (TPSA) is 0 Å². The molecular weight excluding hydrogens is 624 g/mol. The smallest absolute Gasteiger partial charge is 0.0708 e. The Bertz CT molecular complexity index is 1080. The van der Waals surface area contributed by atoms with Crippen molar-refractivity contribution in [2.75, 3.05) is 0 Å². The van der Waals surface area contributed by atoms with E-state index in [9.17, 15) is 0 Å². The molecule has 0 nitrogen and oxygen atoms in total. The maximum absolute atomic E-state index is 3.79. The van der Waals surface area contributed by atoms with Crippen molar-refractivity contribution in [1.29, 1.82) is 0 Å². The summed E-state index contributed by atoms with van der Waals surface area (Å²) in [7, 11) is 0. The number of thiophene rings is 4. The van der Waals surface area contributed by atoms with Crippen LogP contribution in [0, 0.1) is 0 Å². The van der Waals surface area contributed by atoms with E-state index in [0.29, 0.717) is 0 Å². The molecule has 0 aliphatic rings. The van der Waals surface area contributed by atoms with Crippen molar-refractivity contribution in [3.63, 3.8) is 0 Å². The molecule has 0 spiro atoms. The van der Waals surface area contributed by atoms with Crippen LogP contribution >= 0.6 is 77.2 Å². The van der Waals surface area contributed by atoms with Gasteiger partial charge in [0.05, 0.1) is 12.4 Å². The summed E-state index contributed by atoms with van der Waals surface area (Å²) in [5, 5.41) is 4.55. The zero-order valence-electron chi connectivity index (χ0n) is 19.9. The van der Waals surface area contributed by atoms with Gasteiger partial charge in [0.2, 0.25) is 0 Å². The van der Waals surface area contributed by atoms with E-state index >= 15 is 0 Å². The fraction of sp³-hybridized carbons (Fsp3) is 0.429. The molecule has 4 aromatic rings. The van der Waals surface area contributed by atoms with Gasteiger partial charge < -0.3 is 0 Å². The Morgan fingerprint density at radius 1 is 0.588 bits per heavy atom. The lowest BCUT2D eigenvalue weighted by atomic mass is 10.0. The number of aryl methyl sites for hydroxylation is 2. The Morgan fingerprint density at radius 2 is 1.09 bits per heavy atom. The predicted octanol–water partition coefficient (Wildman–Crippen LogP) is 12.7. The maximum atomic E-state index is 3.79. The summed E-state index contributed by atoms with van der Waals surface area (Å²) in [6.45, 7) is 4.57. The Kier molecular flexibility index (Phi) is 10.5. The second-order valence-electron chi connectivity index (χ2n) is 8.76. The summed E-state index contributed by atoms with van der Waals surface area (Å²) in [5.41, 5.74) is 5.82. The second-order valence-corrected chi connectivity index (χ2v) is 15.5.